The summed E-state index contributed by atoms with van der Waals surface area (Å²) in [6.07, 6.45) is 1.82. The summed E-state index contributed by atoms with van der Waals surface area (Å²) in [4.78, 5) is 11.7. The van der Waals surface area contributed by atoms with Crippen molar-refractivity contribution in [1.82, 2.24) is 0 Å². The van der Waals surface area contributed by atoms with Gasteiger partial charge in [-0.05, 0) is 49.4 Å². The van der Waals surface area contributed by atoms with E-state index >= 15 is 0 Å². The van der Waals surface area contributed by atoms with Gasteiger partial charge in [0.25, 0.3) is 0 Å². The first-order valence-corrected chi connectivity index (χ1v) is 6.53. The molecule has 0 amide bonds. The number of hydrogen-bond donors (Lipinski definition) is 1. The summed E-state index contributed by atoms with van der Waals surface area (Å²) in [5.74, 6) is 0.454. The van der Waals surface area contributed by atoms with E-state index in [1.807, 2.05) is 26.8 Å². The average Bonchev–Trinajstić information content (AvgIpc) is 2.62. The Labute approximate surface area is 107 Å². The first-order chi connectivity index (χ1) is 8.50. The van der Waals surface area contributed by atoms with E-state index in [9.17, 15) is 9.90 Å². The van der Waals surface area contributed by atoms with Crippen molar-refractivity contribution in [3.8, 4) is 5.75 Å². The van der Waals surface area contributed by atoms with Crippen LogP contribution in [-0.2, 0) is 16.0 Å². The van der Waals surface area contributed by atoms with Gasteiger partial charge in [-0.25, -0.2) is 0 Å². The van der Waals surface area contributed by atoms with Crippen LogP contribution in [0.3, 0.4) is 0 Å². The van der Waals surface area contributed by atoms with Crippen LogP contribution in [0.4, 0.5) is 0 Å². The van der Waals surface area contributed by atoms with Crippen molar-refractivity contribution in [3.63, 3.8) is 0 Å². The number of aryl methyl sites for hydroxylation is 1. The number of carbonyl (C=O) groups is 1. The molecule has 0 bridgehead atoms. The highest BCUT2D eigenvalue weighted by atomic mass is 16.6. The SMILES string of the molecule is Cc1cc(O)c(C)c2c1CC[C@H]1[C@H](C)C(=O)O[C@H]21. The molecule has 3 heteroatoms. The van der Waals surface area contributed by atoms with Crippen molar-refractivity contribution in [1.29, 1.82) is 0 Å². The Morgan fingerprint density at radius 2 is 2.11 bits per heavy atom. The Bertz CT molecular complexity index is 533. The number of benzene rings is 1. The highest BCUT2D eigenvalue weighted by Gasteiger charge is 2.46. The van der Waals surface area contributed by atoms with Gasteiger partial charge in [0.15, 0.2) is 0 Å². The van der Waals surface area contributed by atoms with Crippen LogP contribution in [-0.4, -0.2) is 11.1 Å². The maximum Gasteiger partial charge on any atom is 0.309 e. The summed E-state index contributed by atoms with van der Waals surface area (Å²) in [7, 11) is 0. The van der Waals surface area contributed by atoms with Crippen LogP contribution in [0.5, 0.6) is 5.75 Å². The molecule has 18 heavy (non-hydrogen) atoms. The van der Waals surface area contributed by atoms with Crippen LogP contribution < -0.4 is 0 Å². The van der Waals surface area contributed by atoms with Crippen LogP contribution in [0.2, 0.25) is 0 Å². The summed E-state index contributed by atoms with van der Waals surface area (Å²) >= 11 is 0. The molecule has 1 aliphatic carbocycles. The average molecular weight is 246 g/mol. The lowest BCUT2D eigenvalue weighted by atomic mass is 9.74. The first-order valence-electron chi connectivity index (χ1n) is 6.53. The molecule has 3 nitrogen and oxygen atoms in total. The van der Waals surface area contributed by atoms with Crippen LogP contribution in [0.25, 0.3) is 0 Å². The van der Waals surface area contributed by atoms with Crippen LogP contribution in [0, 0.1) is 25.7 Å². The lowest BCUT2D eigenvalue weighted by Gasteiger charge is -2.30. The minimum absolute atomic E-state index is 0.0230. The van der Waals surface area contributed by atoms with Crippen molar-refractivity contribution in [3.05, 3.63) is 28.3 Å². The molecule has 0 unspecified atom stereocenters. The lowest BCUT2D eigenvalue weighted by molar-refractivity contribution is -0.144. The largest absolute Gasteiger partial charge is 0.508 e. The van der Waals surface area contributed by atoms with Crippen LogP contribution >= 0.6 is 0 Å². The topological polar surface area (TPSA) is 46.5 Å². The van der Waals surface area contributed by atoms with E-state index in [1.54, 1.807) is 0 Å². The number of phenolic OH excluding ortho intramolecular Hbond substituents is 1. The number of rotatable bonds is 0. The Balaban J connectivity index is 2.18. The Morgan fingerprint density at radius 3 is 2.83 bits per heavy atom. The predicted molar refractivity (Wildman–Crippen MR) is 67.4 cm³/mol. The van der Waals surface area contributed by atoms with Gasteiger partial charge in [-0.1, -0.05) is 6.92 Å². The second-order valence-corrected chi connectivity index (χ2v) is 5.58. The second-order valence-electron chi connectivity index (χ2n) is 5.58. The van der Waals surface area contributed by atoms with Crippen molar-refractivity contribution in [2.75, 3.05) is 0 Å². The molecule has 0 radical (unpaired) electrons. The highest BCUT2D eigenvalue weighted by molar-refractivity contribution is 5.75. The number of esters is 1. The lowest BCUT2D eigenvalue weighted by Crippen LogP contribution is -2.22. The second kappa shape index (κ2) is 3.74. The van der Waals surface area contributed by atoms with E-state index in [0.29, 0.717) is 5.75 Å². The van der Waals surface area contributed by atoms with Gasteiger partial charge in [-0.3, -0.25) is 4.79 Å². The monoisotopic (exact) mass is 246 g/mol. The molecule has 0 saturated carbocycles. The molecule has 1 saturated heterocycles. The minimum Gasteiger partial charge on any atom is -0.508 e. The fraction of sp³-hybridized carbons (Fsp3) is 0.533. The van der Waals surface area contributed by atoms with E-state index in [4.69, 9.17) is 4.74 Å². The van der Waals surface area contributed by atoms with E-state index in [2.05, 4.69) is 0 Å². The molecule has 0 spiro atoms. The normalized spacial score (nSPS) is 29.7. The fourth-order valence-electron chi connectivity index (χ4n) is 3.44. The van der Waals surface area contributed by atoms with Crippen molar-refractivity contribution in [2.45, 2.75) is 39.7 Å². The summed E-state index contributed by atoms with van der Waals surface area (Å²) in [6.45, 7) is 5.87. The summed E-state index contributed by atoms with van der Waals surface area (Å²) in [5.41, 5.74) is 4.28. The zero-order valence-corrected chi connectivity index (χ0v) is 11.0. The van der Waals surface area contributed by atoms with Gasteiger partial charge in [0.05, 0.1) is 5.92 Å². The van der Waals surface area contributed by atoms with Gasteiger partial charge >= 0.3 is 5.97 Å². The van der Waals surface area contributed by atoms with Crippen molar-refractivity contribution < 1.29 is 14.6 Å². The highest BCUT2D eigenvalue weighted by Crippen LogP contribution is 2.49. The maximum absolute atomic E-state index is 11.7. The summed E-state index contributed by atoms with van der Waals surface area (Å²) in [6, 6.07) is 1.81. The van der Waals surface area contributed by atoms with Gasteiger partial charge < -0.3 is 9.84 Å². The van der Waals surface area contributed by atoms with Gasteiger partial charge in [0.1, 0.15) is 11.9 Å². The summed E-state index contributed by atoms with van der Waals surface area (Å²) in [5, 5.41) is 9.97. The molecule has 1 aromatic carbocycles. The van der Waals surface area contributed by atoms with E-state index in [0.717, 1.165) is 29.5 Å². The van der Waals surface area contributed by atoms with Gasteiger partial charge in [-0.2, -0.15) is 0 Å². The van der Waals surface area contributed by atoms with E-state index in [1.165, 1.54) is 5.56 Å². The smallest absolute Gasteiger partial charge is 0.309 e. The molecule has 3 atom stereocenters. The van der Waals surface area contributed by atoms with Gasteiger partial charge in [-0.15, -0.1) is 0 Å². The molecule has 3 rings (SSSR count). The molecule has 1 aliphatic heterocycles. The number of ether oxygens (including phenoxy) is 1. The number of carbonyl (C=O) groups excluding carboxylic acids is 1. The molecule has 0 aromatic heterocycles. The van der Waals surface area contributed by atoms with Crippen LogP contribution in [0.1, 0.15) is 41.7 Å². The third kappa shape index (κ3) is 1.39. The minimum atomic E-state index is -0.151. The Kier molecular flexibility index (Phi) is 2.40. The number of hydrogen-bond acceptors (Lipinski definition) is 3. The zero-order chi connectivity index (χ0) is 13.0. The number of fused-ring (bicyclic) bond motifs is 3. The van der Waals surface area contributed by atoms with Gasteiger partial charge in [0.2, 0.25) is 0 Å². The summed E-state index contributed by atoms with van der Waals surface area (Å²) < 4.78 is 5.54. The maximum atomic E-state index is 11.7. The quantitative estimate of drug-likeness (QED) is 0.716. The van der Waals surface area contributed by atoms with Gasteiger partial charge in [0, 0.05) is 11.5 Å². The number of aromatic hydroxyl groups is 1. The fourth-order valence-corrected chi connectivity index (χ4v) is 3.44. The molecule has 1 fully saturated rings. The van der Waals surface area contributed by atoms with Crippen molar-refractivity contribution >= 4 is 5.97 Å². The Hall–Kier alpha value is -1.51. The molecule has 1 heterocycles. The zero-order valence-electron chi connectivity index (χ0n) is 11.0. The standard InChI is InChI=1S/C15H18O3/c1-7-6-12(16)9(3)13-10(7)4-5-11-8(2)15(17)18-14(11)13/h6,8,11,14,16H,4-5H2,1-3H3/t8-,11-,14-/m0/s1. The third-order valence-electron chi connectivity index (χ3n) is 4.60. The number of phenols is 1. The molecular formula is C15H18O3. The first kappa shape index (κ1) is 11.6. The Morgan fingerprint density at radius 1 is 1.39 bits per heavy atom. The van der Waals surface area contributed by atoms with E-state index in [-0.39, 0.29) is 23.9 Å². The van der Waals surface area contributed by atoms with Crippen LogP contribution in [0.15, 0.2) is 6.07 Å². The molecule has 96 valence electrons. The molecule has 1 aromatic rings. The molecular weight excluding hydrogens is 228 g/mol. The van der Waals surface area contributed by atoms with E-state index < -0.39 is 0 Å². The van der Waals surface area contributed by atoms with Crippen molar-refractivity contribution in [2.24, 2.45) is 11.8 Å². The molecule has 2 aliphatic rings. The third-order valence-corrected chi connectivity index (χ3v) is 4.60. The molecule has 1 N–H and O–H groups in total. The predicted octanol–water partition coefficient (Wildman–Crippen LogP) is 2.81.